The minimum Gasteiger partial charge on any atom is -0.0840 e. The SMILES string of the molecule is Clc1ccccc1C(Br)c1ccc(-c2ccccc2)cc1. The summed E-state index contributed by atoms with van der Waals surface area (Å²) in [7, 11) is 0. The Balaban J connectivity index is 1.89. The lowest BCUT2D eigenvalue weighted by atomic mass is 10.0. The molecule has 0 nitrogen and oxygen atoms in total. The summed E-state index contributed by atoms with van der Waals surface area (Å²) in [4.78, 5) is 0.107. The normalized spacial score (nSPS) is 12.1. The van der Waals surface area contributed by atoms with Gasteiger partial charge in [-0.25, -0.2) is 0 Å². The molecule has 0 saturated heterocycles. The highest BCUT2D eigenvalue weighted by molar-refractivity contribution is 9.09. The van der Waals surface area contributed by atoms with Crippen molar-refractivity contribution in [2.45, 2.75) is 4.83 Å². The maximum atomic E-state index is 6.27. The van der Waals surface area contributed by atoms with Crippen molar-refractivity contribution in [2.75, 3.05) is 0 Å². The number of alkyl halides is 1. The molecule has 0 aliphatic heterocycles. The van der Waals surface area contributed by atoms with E-state index in [0.29, 0.717) is 0 Å². The lowest BCUT2D eigenvalue weighted by Crippen LogP contribution is -1.93. The van der Waals surface area contributed by atoms with Crippen molar-refractivity contribution >= 4 is 27.5 Å². The quantitative estimate of drug-likeness (QED) is 0.470. The van der Waals surface area contributed by atoms with Gasteiger partial charge in [0.05, 0.1) is 4.83 Å². The third kappa shape index (κ3) is 3.20. The molecule has 3 aromatic carbocycles. The maximum absolute atomic E-state index is 6.27. The van der Waals surface area contributed by atoms with Crippen LogP contribution in [0.1, 0.15) is 16.0 Å². The van der Waals surface area contributed by atoms with Crippen molar-refractivity contribution in [3.63, 3.8) is 0 Å². The third-order valence-electron chi connectivity index (χ3n) is 3.49. The number of rotatable bonds is 3. The fourth-order valence-corrected chi connectivity index (χ4v) is 3.42. The van der Waals surface area contributed by atoms with Crippen LogP contribution in [-0.4, -0.2) is 0 Å². The van der Waals surface area contributed by atoms with E-state index < -0.39 is 0 Å². The lowest BCUT2D eigenvalue weighted by molar-refractivity contribution is 1.18. The van der Waals surface area contributed by atoms with Crippen LogP contribution in [0.25, 0.3) is 11.1 Å². The topological polar surface area (TPSA) is 0 Å². The summed E-state index contributed by atoms with van der Waals surface area (Å²) in [6.45, 7) is 0. The summed E-state index contributed by atoms with van der Waals surface area (Å²) < 4.78 is 0. The van der Waals surface area contributed by atoms with E-state index in [9.17, 15) is 0 Å². The molecule has 104 valence electrons. The van der Waals surface area contributed by atoms with Gasteiger partial charge in [-0.15, -0.1) is 0 Å². The molecule has 0 heterocycles. The van der Waals surface area contributed by atoms with E-state index in [1.165, 1.54) is 16.7 Å². The molecular formula is C19H14BrCl. The van der Waals surface area contributed by atoms with E-state index in [0.717, 1.165) is 10.6 Å². The zero-order chi connectivity index (χ0) is 14.7. The third-order valence-corrected chi connectivity index (χ3v) is 4.85. The van der Waals surface area contributed by atoms with Crippen molar-refractivity contribution < 1.29 is 0 Å². The van der Waals surface area contributed by atoms with Gasteiger partial charge in [0.1, 0.15) is 0 Å². The summed E-state index contributed by atoms with van der Waals surface area (Å²) in [5.74, 6) is 0. The highest BCUT2D eigenvalue weighted by Gasteiger charge is 2.13. The number of hydrogen-bond donors (Lipinski definition) is 0. The van der Waals surface area contributed by atoms with Gasteiger partial charge in [-0.2, -0.15) is 0 Å². The van der Waals surface area contributed by atoms with E-state index in [-0.39, 0.29) is 4.83 Å². The van der Waals surface area contributed by atoms with Crippen LogP contribution < -0.4 is 0 Å². The summed E-state index contributed by atoms with van der Waals surface area (Å²) in [5.41, 5.74) is 4.74. The van der Waals surface area contributed by atoms with E-state index >= 15 is 0 Å². The molecule has 0 spiro atoms. The van der Waals surface area contributed by atoms with Crippen LogP contribution in [0.2, 0.25) is 5.02 Å². The Kier molecular flexibility index (Phi) is 4.42. The molecule has 1 atom stereocenters. The molecular weight excluding hydrogens is 344 g/mol. The van der Waals surface area contributed by atoms with Crippen LogP contribution in [0.3, 0.4) is 0 Å². The summed E-state index contributed by atoms with van der Waals surface area (Å²) in [6.07, 6.45) is 0. The first kappa shape index (κ1) is 14.4. The van der Waals surface area contributed by atoms with Crippen LogP contribution in [0, 0.1) is 0 Å². The van der Waals surface area contributed by atoms with Crippen LogP contribution in [0.5, 0.6) is 0 Å². The Morgan fingerprint density at radius 2 is 1.24 bits per heavy atom. The Morgan fingerprint density at radius 1 is 0.667 bits per heavy atom. The second-order valence-corrected chi connectivity index (χ2v) is 6.19. The zero-order valence-corrected chi connectivity index (χ0v) is 13.7. The van der Waals surface area contributed by atoms with Gasteiger partial charge in [0.15, 0.2) is 0 Å². The first-order chi connectivity index (χ1) is 10.3. The molecule has 21 heavy (non-hydrogen) atoms. The van der Waals surface area contributed by atoms with Gasteiger partial charge < -0.3 is 0 Å². The molecule has 3 aromatic rings. The molecule has 0 amide bonds. The summed E-state index contributed by atoms with van der Waals surface area (Å²) in [5, 5.41) is 0.784. The fraction of sp³-hybridized carbons (Fsp3) is 0.0526. The van der Waals surface area contributed by atoms with E-state index in [1.807, 2.05) is 30.3 Å². The molecule has 0 aromatic heterocycles. The van der Waals surface area contributed by atoms with Crippen LogP contribution in [0.4, 0.5) is 0 Å². The molecule has 0 bridgehead atoms. The molecule has 0 aliphatic rings. The van der Waals surface area contributed by atoms with Crippen molar-refractivity contribution in [1.82, 2.24) is 0 Å². The monoisotopic (exact) mass is 356 g/mol. The fourth-order valence-electron chi connectivity index (χ4n) is 2.34. The second kappa shape index (κ2) is 6.46. The van der Waals surface area contributed by atoms with Crippen LogP contribution >= 0.6 is 27.5 Å². The molecule has 1 unspecified atom stereocenters. The molecule has 3 rings (SSSR count). The van der Waals surface area contributed by atoms with Gasteiger partial charge in [0.2, 0.25) is 0 Å². The van der Waals surface area contributed by atoms with Gasteiger partial charge in [-0.1, -0.05) is 100 Å². The first-order valence-electron chi connectivity index (χ1n) is 6.79. The second-order valence-electron chi connectivity index (χ2n) is 4.87. The van der Waals surface area contributed by atoms with E-state index in [4.69, 9.17) is 11.6 Å². The van der Waals surface area contributed by atoms with Gasteiger partial charge >= 0.3 is 0 Å². The van der Waals surface area contributed by atoms with E-state index in [1.54, 1.807) is 0 Å². The van der Waals surface area contributed by atoms with Crippen molar-refractivity contribution in [2.24, 2.45) is 0 Å². The van der Waals surface area contributed by atoms with Gasteiger partial charge in [0, 0.05) is 5.02 Å². The number of benzene rings is 3. The molecule has 2 heteroatoms. The van der Waals surface area contributed by atoms with E-state index in [2.05, 4.69) is 64.5 Å². The Labute approximate surface area is 138 Å². The molecule has 0 N–H and O–H groups in total. The highest BCUT2D eigenvalue weighted by atomic mass is 79.9. The summed E-state index contributed by atoms with van der Waals surface area (Å²) in [6, 6.07) is 26.9. The number of hydrogen-bond acceptors (Lipinski definition) is 0. The predicted molar refractivity (Wildman–Crippen MR) is 94.1 cm³/mol. The average molecular weight is 358 g/mol. The average Bonchev–Trinajstić information content (AvgIpc) is 2.56. The van der Waals surface area contributed by atoms with Crippen molar-refractivity contribution in [1.29, 1.82) is 0 Å². The smallest absolute Gasteiger partial charge is 0.0659 e. The Hall–Kier alpha value is -1.57. The highest BCUT2D eigenvalue weighted by Crippen LogP contribution is 2.35. The molecule has 0 fully saturated rings. The Bertz CT molecular complexity index is 720. The Morgan fingerprint density at radius 3 is 1.90 bits per heavy atom. The minimum absolute atomic E-state index is 0.107. The predicted octanol–water partition coefficient (Wildman–Crippen LogP) is 6.49. The van der Waals surface area contributed by atoms with Crippen LogP contribution in [0.15, 0.2) is 78.9 Å². The van der Waals surface area contributed by atoms with Gasteiger partial charge in [0.25, 0.3) is 0 Å². The molecule has 0 aliphatic carbocycles. The standard InChI is InChI=1S/C19H14BrCl/c20-19(17-8-4-5-9-18(17)21)16-12-10-15(11-13-16)14-6-2-1-3-7-14/h1-13,19H. The number of halogens is 2. The van der Waals surface area contributed by atoms with Crippen molar-refractivity contribution in [3.05, 3.63) is 95.0 Å². The lowest BCUT2D eigenvalue weighted by Gasteiger charge is -2.13. The summed E-state index contributed by atoms with van der Waals surface area (Å²) >= 11 is 10.0. The molecule has 0 radical (unpaired) electrons. The molecule has 0 saturated carbocycles. The van der Waals surface area contributed by atoms with Gasteiger partial charge in [-0.05, 0) is 28.3 Å². The van der Waals surface area contributed by atoms with Gasteiger partial charge in [-0.3, -0.25) is 0 Å². The van der Waals surface area contributed by atoms with Crippen molar-refractivity contribution in [3.8, 4) is 11.1 Å². The minimum atomic E-state index is 0.107. The first-order valence-corrected chi connectivity index (χ1v) is 8.09. The van der Waals surface area contributed by atoms with Crippen LogP contribution in [-0.2, 0) is 0 Å². The maximum Gasteiger partial charge on any atom is 0.0659 e. The largest absolute Gasteiger partial charge is 0.0840 e. The zero-order valence-electron chi connectivity index (χ0n) is 11.3.